The summed E-state index contributed by atoms with van der Waals surface area (Å²) in [6, 6.07) is 8.65. The van der Waals surface area contributed by atoms with Crippen molar-refractivity contribution >= 4 is 17.7 Å². The van der Waals surface area contributed by atoms with E-state index in [0.29, 0.717) is 5.56 Å². The third-order valence-corrected chi connectivity index (χ3v) is 3.45. The maximum absolute atomic E-state index is 12.5. The Labute approximate surface area is 161 Å². The van der Waals surface area contributed by atoms with E-state index in [0.717, 1.165) is 24.3 Å². The molecular formula is C18H14F4N2O5. The molecule has 1 amide bonds. The molecule has 7 nitrogen and oxygen atoms in total. The maximum Gasteiger partial charge on any atom is 0.387 e. The van der Waals surface area contributed by atoms with Crippen LogP contribution < -0.4 is 14.8 Å². The molecule has 1 N–H and O–H groups in total. The predicted molar refractivity (Wildman–Crippen MR) is 93.7 cm³/mol. The second kappa shape index (κ2) is 10.1. The third-order valence-electron chi connectivity index (χ3n) is 3.45. The van der Waals surface area contributed by atoms with Gasteiger partial charge in [-0.05, 0) is 23.8 Å². The van der Waals surface area contributed by atoms with Crippen molar-refractivity contribution in [3.8, 4) is 11.5 Å². The summed E-state index contributed by atoms with van der Waals surface area (Å²) in [6.45, 7) is -6.27. The molecule has 0 unspecified atom stereocenters. The molecule has 0 fully saturated rings. The number of nitrogens with one attached hydrogen (secondary N) is 1. The molecule has 0 aromatic heterocycles. The standard InChI is InChI=1S/C18H14F4N2O5/c19-17(20)28-14-7-3-12(15(9-14)29-18(21)22)4-8-16(25)23-10-11-1-5-13(6-2-11)24(26)27/h1-9,17-18H,10H2,(H,23,25)/b8-4+. The van der Waals surface area contributed by atoms with Crippen LogP contribution in [0.5, 0.6) is 11.5 Å². The molecule has 29 heavy (non-hydrogen) atoms. The smallest absolute Gasteiger partial charge is 0.387 e. The highest BCUT2D eigenvalue weighted by molar-refractivity contribution is 5.92. The molecule has 0 atom stereocenters. The van der Waals surface area contributed by atoms with Gasteiger partial charge < -0.3 is 14.8 Å². The fourth-order valence-corrected chi connectivity index (χ4v) is 2.18. The lowest BCUT2D eigenvalue weighted by atomic mass is 10.1. The van der Waals surface area contributed by atoms with Gasteiger partial charge in [0.1, 0.15) is 11.5 Å². The first-order chi connectivity index (χ1) is 13.7. The maximum atomic E-state index is 12.5. The number of ether oxygens (including phenoxy) is 2. The van der Waals surface area contributed by atoms with E-state index in [1.807, 2.05) is 0 Å². The fourth-order valence-electron chi connectivity index (χ4n) is 2.18. The van der Waals surface area contributed by atoms with Crippen molar-refractivity contribution in [3.63, 3.8) is 0 Å². The van der Waals surface area contributed by atoms with Crippen molar-refractivity contribution in [3.05, 3.63) is 69.8 Å². The molecule has 0 saturated carbocycles. The lowest BCUT2D eigenvalue weighted by molar-refractivity contribution is -0.384. The largest absolute Gasteiger partial charge is 0.435 e. The number of hydrogen-bond acceptors (Lipinski definition) is 5. The number of carbonyl (C=O) groups is 1. The second-order valence-electron chi connectivity index (χ2n) is 5.43. The SMILES string of the molecule is O=C(/C=C/c1ccc(OC(F)F)cc1OC(F)F)NCc1ccc([N+](=O)[O-])cc1. The highest BCUT2D eigenvalue weighted by Gasteiger charge is 2.12. The van der Waals surface area contributed by atoms with Crippen LogP contribution in [-0.2, 0) is 11.3 Å². The minimum absolute atomic E-state index is 0.0393. The summed E-state index contributed by atoms with van der Waals surface area (Å²) in [5.74, 6) is -1.41. The molecule has 2 aromatic rings. The summed E-state index contributed by atoms with van der Waals surface area (Å²) in [5.41, 5.74) is 0.552. The van der Waals surface area contributed by atoms with Crippen LogP contribution in [0.3, 0.4) is 0 Å². The second-order valence-corrected chi connectivity index (χ2v) is 5.43. The normalized spacial score (nSPS) is 11.1. The molecule has 0 heterocycles. The Bertz CT molecular complexity index is 888. The first-order valence-corrected chi connectivity index (χ1v) is 7.97. The van der Waals surface area contributed by atoms with Gasteiger partial charge in [0.2, 0.25) is 5.91 Å². The molecule has 0 radical (unpaired) electrons. The Hall–Kier alpha value is -3.63. The van der Waals surface area contributed by atoms with E-state index in [4.69, 9.17) is 0 Å². The van der Waals surface area contributed by atoms with E-state index in [1.54, 1.807) is 0 Å². The zero-order chi connectivity index (χ0) is 21.4. The van der Waals surface area contributed by atoms with Crippen LogP contribution in [-0.4, -0.2) is 24.1 Å². The lowest BCUT2D eigenvalue weighted by Gasteiger charge is -2.11. The number of hydrogen-bond donors (Lipinski definition) is 1. The van der Waals surface area contributed by atoms with Gasteiger partial charge in [0.25, 0.3) is 5.69 Å². The summed E-state index contributed by atoms with van der Waals surface area (Å²) >= 11 is 0. The molecule has 2 rings (SSSR count). The summed E-state index contributed by atoms with van der Waals surface area (Å²) < 4.78 is 57.9. The molecule has 0 aliphatic heterocycles. The van der Waals surface area contributed by atoms with Gasteiger partial charge in [0, 0.05) is 36.4 Å². The molecule has 0 spiro atoms. The molecule has 0 bridgehead atoms. The Morgan fingerprint density at radius 1 is 1.07 bits per heavy atom. The minimum Gasteiger partial charge on any atom is -0.435 e. The number of alkyl halides is 4. The number of non-ortho nitro benzene ring substituents is 1. The average molecular weight is 414 g/mol. The number of rotatable bonds is 9. The molecule has 0 aliphatic rings. The van der Waals surface area contributed by atoms with E-state index in [-0.39, 0.29) is 23.5 Å². The fraction of sp³-hybridized carbons (Fsp3) is 0.167. The van der Waals surface area contributed by atoms with Gasteiger partial charge in [-0.1, -0.05) is 12.1 Å². The number of benzene rings is 2. The predicted octanol–water partition coefficient (Wildman–Crippen LogP) is 4.13. The van der Waals surface area contributed by atoms with Crippen LogP contribution in [0.25, 0.3) is 6.08 Å². The van der Waals surface area contributed by atoms with Gasteiger partial charge in [-0.2, -0.15) is 17.6 Å². The Morgan fingerprint density at radius 2 is 1.72 bits per heavy atom. The Balaban J connectivity index is 2.03. The highest BCUT2D eigenvalue weighted by atomic mass is 19.3. The van der Waals surface area contributed by atoms with Crippen LogP contribution in [0, 0.1) is 10.1 Å². The van der Waals surface area contributed by atoms with E-state index in [1.165, 1.54) is 30.3 Å². The van der Waals surface area contributed by atoms with Crippen LogP contribution in [0.4, 0.5) is 23.2 Å². The van der Waals surface area contributed by atoms with E-state index in [2.05, 4.69) is 14.8 Å². The summed E-state index contributed by atoms with van der Waals surface area (Å²) in [5, 5.41) is 13.1. The number of carbonyl (C=O) groups excluding carboxylic acids is 1. The van der Waals surface area contributed by atoms with Gasteiger partial charge in [0.15, 0.2) is 0 Å². The van der Waals surface area contributed by atoms with Crippen molar-refractivity contribution in [1.82, 2.24) is 5.32 Å². The molecule has 0 aliphatic carbocycles. The van der Waals surface area contributed by atoms with Gasteiger partial charge in [-0.25, -0.2) is 0 Å². The molecule has 0 saturated heterocycles. The van der Waals surface area contributed by atoms with Crippen molar-refractivity contribution in [2.45, 2.75) is 19.8 Å². The summed E-state index contributed by atoms with van der Waals surface area (Å²) in [6.07, 6.45) is 2.20. The Kier molecular flexibility index (Phi) is 7.52. The van der Waals surface area contributed by atoms with Gasteiger partial charge in [-0.3, -0.25) is 14.9 Å². The van der Waals surface area contributed by atoms with Crippen molar-refractivity contribution in [1.29, 1.82) is 0 Å². The molecular weight excluding hydrogens is 400 g/mol. The molecule has 154 valence electrons. The van der Waals surface area contributed by atoms with E-state index in [9.17, 15) is 32.5 Å². The monoisotopic (exact) mass is 414 g/mol. The first kappa shape index (κ1) is 21.7. The number of nitrogens with zero attached hydrogens (tertiary/aromatic N) is 1. The van der Waals surface area contributed by atoms with Crippen LogP contribution in [0.1, 0.15) is 11.1 Å². The van der Waals surface area contributed by atoms with Gasteiger partial charge >= 0.3 is 13.2 Å². The first-order valence-electron chi connectivity index (χ1n) is 7.97. The van der Waals surface area contributed by atoms with Crippen LogP contribution in [0.2, 0.25) is 0 Å². The summed E-state index contributed by atoms with van der Waals surface area (Å²) in [7, 11) is 0. The van der Waals surface area contributed by atoms with Gasteiger partial charge in [0.05, 0.1) is 4.92 Å². The van der Waals surface area contributed by atoms with Crippen molar-refractivity contribution < 1.29 is 36.8 Å². The van der Waals surface area contributed by atoms with Crippen LogP contribution in [0.15, 0.2) is 48.5 Å². The number of nitro benzene ring substituents is 1. The van der Waals surface area contributed by atoms with Gasteiger partial charge in [-0.15, -0.1) is 0 Å². The quantitative estimate of drug-likeness (QED) is 0.288. The third kappa shape index (κ3) is 7.13. The van der Waals surface area contributed by atoms with E-state index < -0.39 is 29.8 Å². The van der Waals surface area contributed by atoms with Crippen molar-refractivity contribution in [2.24, 2.45) is 0 Å². The average Bonchev–Trinajstić information content (AvgIpc) is 2.65. The van der Waals surface area contributed by atoms with Crippen molar-refractivity contribution in [2.75, 3.05) is 0 Å². The van der Waals surface area contributed by atoms with Crippen LogP contribution >= 0.6 is 0 Å². The highest BCUT2D eigenvalue weighted by Crippen LogP contribution is 2.28. The zero-order valence-corrected chi connectivity index (χ0v) is 14.6. The molecule has 2 aromatic carbocycles. The van der Waals surface area contributed by atoms with E-state index >= 15 is 0 Å². The zero-order valence-electron chi connectivity index (χ0n) is 14.6. The topological polar surface area (TPSA) is 90.7 Å². The molecule has 11 heteroatoms. The number of nitro groups is 1. The minimum atomic E-state index is -3.21. The summed E-state index contributed by atoms with van der Waals surface area (Å²) in [4.78, 5) is 21.9. The lowest BCUT2D eigenvalue weighted by Crippen LogP contribution is -2.20. The number of halogens is 4. The Morgan fingerprint density at radius 3 is 2.31 bits per heavy atom. The number of amides is 1.